The Morgan fingerprint density at radius 3 is 2.29 bits per heavy atom. The van der Waals surface area contributed by atoms with Crippen LogP contribution in [0.4, 0.5) is 10.5 Å². The molecule has 2 atom stereocenters. The van der Waals surface area contributed by atoms with Crippen molar-refractivity contribution in [1.29, 1.82) is 0 Å². The molecule has 1 aromatic heterocycles. The highest BCUT2D eigenvalue weighted by Crippen LogP contribution is 2.45. The van der Waals surface area contributed by atoms with Gasteiger partial charge in [-0.1, -0.05) is 92.8 Å². The lowest BCUT2D eigenvalue weighted by molar-refractivity contribution is -0.120. The third-order valence-electron chi connectivity index (χ3n) is 8.99. The molecule has 0 bridgehead atoms. The van der Waals surface area contributed by atoms with E-state index >= 15 is 0 Å². The number of aromatic nitrogens is 1. The quantitative estimate of drug-likeness (QED) is 0.287. The highest BCUT2D eigenvalue weighted by Gasteiger charge is 2.53. The average Bonchev–Trinajstić information content (AvgIpc) is 3.47. The Labute approximate surface area is 239 Å². The normalized spacial score (nSPS) is 21.4. The molecule has 4 aromatic rings. The van der Waals surface area contributed by atoms with Gasteiger partial charge in [-0.05, 0) is 42.2 Å². The average molecular weight is 547 g/mol. The van der Waals surface area contributed by atoms with Crippen LogP contribution >= 0.6 is 0 Å². The number of fused-ring (bicyclic) bond motifs is 4. The Hall–Kier alpha value is -4.39. The number of rotatable bonds is 4. The van der Waals surface area contributed by atoms with Crippen molar-refractivity contribution in [1.82, 2.24) is 15.2 Å². The maximum absolute atomic E-state index is 14.3. The molecule has 3 aliphatic rings. The van der Waals surface area contributed by atoms with E-state index in [4.69, 9.17) is 0 Å². The van der Waals surface area contributed by atoms with Crippen LogP contribution in [0.25, 0.3) is 10.9 Å². The number of carbonyl (C=O) groups is 3. The number of hydrogen-bond donors (Lipinski definition) is 2. The molecule has 208 valence electrons. The van der Waals surface area contributed by atoms with Gasteiger partial charge in [0.05, 0.1) is 11.3 Å². The highest BCUT2D eigenvalue weighted by molar-refractivity contribution is 6.24. The van der Waals surface area contributed by atoms with Crippen molar-refractivity contribution in [3.63, 3.8) is 0 Å². The first-order valence-corrected chi connectivity index (χ1v) is 14.8. The summed E-state index contributed by atoms with van der Waals surface area (Å²) in [5, 5.41) is 4.29. The molecule has 4 amide bonds. The minimum Gasteiger partial charge on any atom is -0.356 e. The van der Waals surface area contributed by atoms with E-state index in [0.717, 1.165) is 53.4 Å². The predicted octanol–water partition coefficient (Wildman–Crippen LogP) is 6.49. The van der Waals surface area contributed by atoms with Gasteiger partial charge in [-0.3, -0.25) is 14.5 Å². The van der Waals surface area contributed by atoms with Crippen molar-refractivity contribution >= 4 is 34.4 Å². The zero-order valence-electron chi connectivity index (χ0n) is 23.0. The molecule has 2 N–H and O–H groups in total. The van der Waals surface area contributed by atoms with Gasteiger partial charge in [0, 0.05) is 29.1 Å². The number of nitrogens with one attached hydrogen (secondary N) is 2. The first kappa shape index (κ1) is 25.6. The van der Waals surface area contributed by atoms with Crippen molar-refractivity contribution in [3.05, 3.63) is 101 Å². The van der Waals surface area contributed by atoms with Crippen LogP contribution in [0.3, 0.4) is 0 Å². The predicted molar refractivity (Wildman–Crippen MR) is 159 cm³/mol. The van der Waals surface area contributed by atoms with E-state index in [1.807, 2.05) is 48.5 Å². The van der Waals surface area contributed by atoms with E-state index < -0.39 is 18.1 Å². The second-order valence-corrected chi connectivity index (χ2v) is 11.5. The molecule has 0 unspecified atom stereocenters. The molecule has 2 aliphatic heterocycles. The molecule has 3 aromatic carbocycles. The summed E-state index contributed by atoms with van der Waals surface area (Å²) in [5.41, 5.74) is 4.63. The molecular formula is C34H34N4O3. The van der Waals surface area contributed by atoms with E-state index in [9.17, 15) is 14.4 Å². The standard InChI is InChI=1S/C34H34N4O3/c39-32(35-23-15-7-2-1-3-8-16-23)25-18-10-12-20-28(25)38-33(40)29-21-26-24-17-9-11-19-27(24)36-30(26)31(37(29)34(38)41)22-13-5-4-6-14-22/h4-6,9-14,17-20,23,29,31,36H,1-3,7-8,15-16,21H2,(H,35,39)/t29-,31+/m0/s1. The van der Waals surface area contributed by atoms with Crippen molar-refractivity contribution in [2.45, 2.75) is 69.5 Å². The molecular weight excluding hydrogens is 512 g/mol. The van der Waals surface area contributed by atoms with Crippen molar-refractivity contribution < 1.29 is 14.4 Å². The monoisotopic (exact) mass is 546 g/mol. The smallest absolute Gasteiger partial charge is 0.332 e. The van der Waals surface area contributed by atoms with E-state index in [0.29, 0.717) is 17.7 Å². The number of H-pyrrole nitrogens is 1. The van der Waals surface area contributed by atoms with E-state index in [2.05, 4.69) is 16.4 Å². The number of urea groups is 1. The molecule has 7 nitrogen and oxygen atoms in total. The van der Waals surface area contributed by atoms with Gasteiger partial charge in [-0.15, -0.1) is 0 Å². The number of carbonyl (C=O) groups excluding carboxylic acids is 3. The van der Waals surface area contributed by atoms with Gasteiger partial charge >= 0.3 is 6.03 Å². The Bertz CT molecular complexity index is 1620. The number of hydrogen-bond acceptors (Lipinski definition) is 3. The zero-order chi connectivity index (χ0) is 27.9. The van der Waals surface area contributed by atoms with Crippen molar-refractivity contribution in [2.75, 3.05) is 4.90 Å². The topological polar surface area (TPSA) is 85.5 Å². The van der Waals surface area contributed by atoms with Gasteiger partial charge in [0.15, 0.2) is 0 Å². The van der Waals surface area contributed by atoms with Gasteiger partial charge in [0.25, 0.3) is 11.8 Å². The van der Waals surface area contributed by atoms with E-state index in [1.165, 1.54) is 24.2 Å². The number of imide groups is 1. The Morgan fingerprint density at radius 2 is 1.49 bits per heavy atom. The van der Waals surface area contributed by atoms with Crippen LogP contribution in [-0.4, -0.2) is 39.8 Å². The number of benzene rings is 3. The summed E-state index contributed by atoms with van der Waals surface area (Å²) in [4.78, 5) is 48.6. The first-order valence-electron chi connectivity index (χ1n) is 14.8. The largest absolute Gasteiger partial charge is 0.356 e. The van der Waals surface area contributed by atoms with Gasteiger partial charge in [-0.25, -0.2) is 9.69 Å². The highest BCUT2D eigenvalue weighted by atomic mass is 16.2. The molecule has 7 rings (SSSR count). The van der Waals surface area contributed by atoms with Gasteiger partial charge in [-0.2, -0.15) is 0 Å². The van der Waals surface area contributed by atoms with Crippen molar-refractivity contribution in [2.24, 2.45) is 0 Å². The van der Waals surface area contributed by atoms with Gasteiger partial charge in [0.2, 0.25) is 0 Å². The van der Waals surface area contributed by atoms with Crippen LogP contribution < -0.4 is 10.2 Å². The van der Waals surface area contributed by atoms with E-state index in [-0.39, 0.29) is 17.9 Å². The lowest BCUT2D eigenvalue weighted by atomic mass is 9.89. The fraction of sp³-hybridized carbons (Fsp3) is 0.324. The van der Waals surface area contributed by atoms with Crippen LogP contribution in [0.2, 0.25) is 0 Å². The molecule has 1 saturated heterocycles. The fourth-order valence-corrected chi connectivity index (χ4v) is 7.00. The van der Waals surface area contributed by atoms with Crippen LogP contribution in [0.5, 0.6) is 0 Å². The van der Waals surface area contributed by atoms with Crippen LogP contribution in [-0.2, 0) is 11.2 Å². The lowest BCUT2D eigenvalue weighted by Crippen LogP contribution is -2.44. The summed E-state index contributed by atoms with van der Waals surface area (Å²) in [6, 6.07) is 23.5. The summed E-state index contributed by atoms with van der Waals surface area (Å²) in [6.45, 7) is 0. The number of para-hydroxylation sites is 2. The summed E-state index contributed by atoms with van der Waals surface area (Å²) in [5.74, 6) is -0.523. The van der Waals surface area contributed by atoms with Crippen LogP contribution in [0.15, 0.2) is 78.9 Å². The van der Waals surface area contributed by atoms with E-state index in [1.54, 1.807) is 29.2 Å². The Balaban J connectivity index is 1.26. The molecule has 0 radical (unpaired) electrons. The molecule has 0 spiro atoms. The third-order valence-corrected chi connectivity index (χ3v) is 8.99. The zero-order valence-corrected chi connectivity index (χ0v) is 23.0. The molecule has 1 aliphatic carbocycles. The number of amides is 4. The van der Waals surface area contributed by atoms with Gasteiger partial charge < -0.3 is 10.3 Å². The number of aromatic amines is 1. The fourth-order valence-electron chi connectivity index (χ4n) is 7.00. The third kappa shape index (κ3) is 4.40. The summed E-state index contributed by atoms with van der Waals surface area (Å²) in [7, 11) is 0. The number of nitrogens with zero attached hydrogens (tertiary/aromatic N) is 2. The number of anilines is 1. The summed E-state index contributed by atoms with van der Waals surface area (Å²) >= 11 is 0. The molecule has 7 heteroatoms. The maximum Gasteiger partial charge on any atom is 0.332 e. The first-order chi connectivity index (χ1) is 20.1. The summed E-state index contributed by atoms with van der Waals surface area (Å²) in [6.07, 6.45) is 8.16. The molecule has 41 heavy (non-hydrogen) atoms. The van der Waals surface area contributed by atoms with Crippen molar-refractivity contribution in [3.8, 4) is 0 Å². The Morgan fingerprint density at radius 1 is 0.805 bits per heavy atom. The molecule has 2 fully saturated rings. The minimum atomic E-state index is -0.666. The molecule has 3 heterocycles. The SMILES string of the molecule is O=C(NC1CCCCCCC1)c1ccccc1N1C(=O)[C@@H]2Cc3c([nH]c4ccccc34)[C@@H](c3ccccc3)N2C1=O. The molecule has 1 saturated carbocycles. The minimum absolute atomic E-state index is 0.105. The lowest BCUT2D eigenvalue weighted by Gasteiger charge is -2.36. The maximum atomic E-state index is 14.3. The van der Waals surface area contributed by atoms with Crippen LogP contribution in [0, 0.1) is 0 Å². The van der Waals surface area contributed by atoms with Gasteiger partial charge in [0.1, 0.15) is 12.1 Å². The second kappa shape index (κ2) is 10.5. The second-order valence-electron chi connectivity index (χ2n) is 11.5. The summed E-state index contributed by atoms with van der Waals surface area (Å²) < 4.78 is 0. The Kier molecular flexibility index (Phi) is 6.57. The van der Waals surface area contributed by atoms with Crippen LogP contribution in [0.1, 0.15) is 78.2 Å².